The lowest BCUT2D eigenvalue weighted by molar-refractivity contribution is 0.531. The van der Waals surface area contributed by atoms with Gasteiger partial charge < -0.3 is 0 Å². The maximum Gasteiger partial charge on any atom is 0.111 e. The van der Waals surface area contributed by atoms with Crippen LogP contribution in [0, 0.1) is 5.92 Å². The lowest BCUT2D eigenvalue weighted by Crippen LogP contribution is -2.48. The first-order valence-electron chi connectivity index (χ1n) is 15.0. The Hall–Kier alpha value is -1.08. The van der Waals surface area contributed by atoms with Gasteiger partial charge in [-0.2, -0.15) is 0 Å². The fourth-order valence-corrected chi connectivity index (χ4v) is 11.2. The first-order chi connectivity index (χ1) is 16.5. The Labute approximate surface area is 214 Å². The van der Waals surface area contributed by atoms with Crippen LogP contribution in [-0.2, 0) is 0 Å². The summed E-state index contributed by atoms with van der Waals surface area (Å²) in [7, 11) is -1.64. The first-order valence-corrected chi connectivity index (χ1v) is 17.7. The van der Waals surface area contributed by atoms with Gasteiger partial charge in [0.2, 0.25) is 0 Å². The van der Waals surface area contributed by atoms with Crippen molar-refractivity contribution in [1.82, 2.24) is 0 Å². The molecule has 0 spiro atoms. The van der Waals surface area contributed by atoms with Gasteiger partial charge in [0.1, 0.15) is 8.07 Å². The molecule has 0 radical (unpaired) electrons. The molecule has 0 saturated heterocycles. The Morgan fingerprint density at radius 1 is 0.647 bits per heavy atom. The van der Waals surface area contributed by atoms with E-state index < -0.39 is 8.07 Å². The summed E-state index contributed by atoms with van der Waals surface area (Å²) in [5.41, 5.74) is 3.12. The van der Waals surface area contributed by atoms with Crippen LogP contribution in [0.3, 0.4) is 0 Å². The number of hydrogen-bond donors (Lipinski definition) is 0. The van der Waals surface area contributed by atoms with Crippen molar-refractivity contribution in [1.29, 1.82) is 0 Å². The van der Waals surface area contributed by atoms with E-state index in [1.165, 1.54) is 114 Å². The zero-order valence-corrected chi connectivity index (χ0v) is 24.6. The molecule has 1 aromatic rings. The molecule has 2 unspecified atom stereocenters. The van der Waals surface area contributed by atoms with Crippen molar-refractivity contribution in [3.8, 4) is 0 Å². The highest BCUT2D eigenvalue weighted by Gasteiger charge is 2.38. The molecule has 192 valence electrons. The minimum atomic E-state index is -1.64. The van der Waals surface area contributed by atoms with Gasteiger partial charge in [0.25, 0.3) is 0 Å². The van der Waals surface area contributed by atoms with Crippen LogP contribution in [0.1, 0.15) is 130 Å². The van der Waals surface area contributed by atoms with Gasteiger partial charge in [-0.3, -0.25) is 0 Å². The van der Waals surface area contributed by atoms with E-state index >= 15 is 0 Å². The molecule has 1 aromatic carbocycles. The molecule has 1 heteroatoms. The van der Waals surface area contributed by atoms with E-state index in [0.717, 1.165) is 0 Å². The molecule has 0 nitrogen and oxygen atoms in total. The SMILES string of the molecule is CCCCCCCCCCCCCCCCCC[Si](C)(C1=C(C)C(C)=CC1C)c1ccccc1. The van der Waals surface area contributed by atoms with Crippen LogP contribution in [0.5, 0.6) is 0 Å². The highest BCUT2D eigenvalue weighted by Crippen LogP contribution is 2.39. The van der Waals surface area contributed by atoms with Crippen LogP contribution in [0.15, 0.2) is 52.8 Å². The average molecular weight is 481 g/mol. The zero-order chi connectivity index (χ0) is 24.7. The van der Waals surface area contributed by atoms with Crippen molar-refractivity contribution in [3.05, 3.63) is 52.8 Å². The third-order valence-electron chi connectivity index (χ3n) is 8.49. The van der Waals surface area contributed by atoms with E-state index in [-0.39, 0.29) is 0 Å². The van der Waals surface area contributed by atoms with Gasteiger partial charge in [0.15, 0.2) is 0 Å². The smallest absolute Gasteiger partial charge is 0.0748 e. The van der Waals surface area contributed by atoms with Crippen LogP contribution >= 0.6 is 0 Å². The van der Waals surface area contributed by atoms with Crippen LogP contribution in [0.25, 0.3) is 0 Å². The average Bonchev–Trinajstić information content (AvgIpc) is 3.10. The summed E-state index contributed by atoms with van der Waals surface area (Å²) in [4.78, 5) is 0. The second kappa shape index (κ2) is 16.6. The fraction of sp³-hybridized carbons (Fsp3) is 0.697. The number of hydrogen-bond acceptors (Lipinski definition) is 0. The molecule has 0 amide bonds. The van der Waals surface area contributed by atoms with Crippen molar-refractivity contribution >= 4 is 13.3 Å². The molecule has 2 atom stereocenters. The molecule has 0 saturated carbocycles. The highest BCUT2D eigenvalue weighted by atomic mass is 28.3. The molecule has 2 rings (SSSR count). The summed E-state index contributed by atoms with van der Waals surface area (Å²) in [5, 5.41) is 3.44. The van der Waals surface area contributed by atoms with Gasteiger partial charge in [0.05, 0.1) is 0 Å². The Balaban J connectivity index is 1.61. The normalized spacial score (nSPS) is 17.8. The van der Waals surface area contributed by atoms with E-state index in [1.54, 1.807) is 16.0 Å². The topological polar surface area (TPSA) is 0 Å². The summed E-state index contributed by atoms with van der Waals surface area (Å²) >= 11 is 0. The van der Waals surface area contributed by atoms with Crippen LogP contribution in [0.2, 0.25) is 12.6 Å². The summed E-state index contributed by atoms with van der Waals surface area (Å²) in [6, 6.07) is 12.9. The molecular weight excluding hydrogens is 424 g/mol. The van der Waals surface area contributed by atoms with Crippen molar-refractivity contribution in [2.45, 2.75) is 143 Å². The predicted molar refractivity (Wildman–Crippen MR) is 158 cm³/mol. The van der Waals surface area contributed by atoms with Crippen molar-refractivity contribution in [2.75, 3.05) is 0 Å². The second-order valence-corrected chi connectivity index (χ2v) is 15.7. The maximum atomic E-state index is 2.65. The third-order valence-corrected chi connectivity index (χ3v) is 13.5. The molecule has 0 fully saturated rings. The molecule has 0 N–H and O–H groups in total. The van der Waals surface area contributed by atoms with E-state index in [9.17, 15) is 0 Å². The lowest BCUT2D eigenvalue weighted by atomic mass is 10.0. The van der Waals surface area contributed by atoms with Crippen molar-refractivity contribution in [3.63, 3.8) is 0 Å². The molecular formula is C33H56Si. The number of benzene rings is 1. The standard InChI is InChI=1S/C33H56Si/c1-6-7-8-9-10-11-12-13-14-15-16-17-18-19-20-24-27-34(5,32-25-22-21-23-26-32)33-30(3)28-29(2)31(33)4/h21-23,25-26,28,30H,6-20,24,27H2,1-5H3. The molecule has 1 aliphatic carbocycles. The van der Waals surface area contributed by atoms with Gasteiger partial charge in [-0.05, 0) is 25.8 Å². The Morgan fingerprint density at radius 2 is 1.09 bits per heavy atom. The monoisotopic (exact) mass is 480 g/mol. The number of unbranched alkanes of at least 4 members (excludes halogenated alkanes) is 15. The van der Waals surface area contributed by atoms with E-state index in [1.807, 2.05) is 0 Å². The quantitative estimate of drug-likeness (QED) is 0.136. The minimum Gasteiger partial charge on any atom is -0.0748 e. The molecule has 34 heavy (non-hydrogen) atoms. The summed E-state index contributed by atoms with van der Waals surface area (Å²) < 4.78 is 0. The van der Waals surface area contributed by atoms with Gasteiger partial charge in [-0.15, -0.1) is 0 Å². The summed E-state index contributed by atoms with van der Waals surface area (Å²) in [6.45, 7) is 12.1. The summed E-state index contributed by atoms with van der Waals surface area (Å²) in [6.07, 6.45) is 25.7. The Kier molecular flexibility index (Phi) is 14.2. The predicted octanol–water partition coefficient (Wildman–Crippen LogP) is 10.7. The van der Waals surface area contributed by atoms with Gasteiger partial charge in [-0.1, -0.05) is 181 Å². The number of rotatable bonds is 19. The molecule has 1 aliphatic rings. The largest absolute Gasteiger partial charge is 0.111 e. The van der Waals surface area contributed by atoms with Crippen LogP contribution in [-0.4, -0.2) is 8.07 Å². The van der Waals surface area contributed by atoms with Gasteiger partial charge in [-0.25, -0.2) is 0 Å². The van der Waals surface area contributed by atoms with Gasteiger partial charge in [0, 0.05) is 0 Å². The molecule has 0 bridgehead atoms. The van der Waals surface area contributed by atoms with E-state index in [2.05, 4.69) is 70.6 Å². The fourth-order valence-electron chi connectivity index (χ4n) is 6.32. The van der Waals surface area contributed by atoms with Crippen LogP contribution < -0.4 is 5.19 Å². The second-order valence-electron chi connectivity index (χ2n) is 11.4. The highest BCUT2D eigenvalue weighted by molar-refractivity contribution is 6.97. The molecule has 0 heterocycles. The van der Waals surface area contributed by atoms with Crippen molar-refractivity contribution in [2.24, 2.45) is 5.92 Å². The Bertz CT molecular complexity index is 728. The van der Waals surface area contributed by atoms with Gasteiger partial charge >= 0.3 is 0 Å². The maximum absolute atomic E-state index is 2.65. The summed E-state index contributed by atoms with van der Waals surface area (Å²) in [5.74, 6) is 0.623. The Morgan fingerprint density at radius 3 is 1.50 bits per heavy atom. The first kappa shape index (κ1) is 29.1. The number of allylic oxidation sites excluding steroid dienone is 4. The molecule has 0 aliphatic heterocycles. The lowest BCUT2D eigenvalue weighted by Gasteiger charge is -2.33. The van der Waals surface area contributed by atoms with E-state index in [0.29, 0.717) is 5.92 Å². The minimum absolute atomic E-state index is 0.623. The van der Waals surface area contributed by atoms with E-state index in [4.69, 9.17) is 0 Å². The van der Waals surface area contributed by atoms with Crippen LogP contribution in [0.4, 0.5) is 0 Å². The molecule has 0 aromatic heterocycles. The zero-order valence-electron chi connectivity index (χ0n) is 23.6. The van der Waals surface area contributed by atoms with Crippen molar-refractivity contribution < 1.29 is 0 Å². The third kappa shape index (κ3) is 9.52.